The molecule has 0 saturated carbocycles. The number of rotatable bonds is 7. The molecule has 27 heavy (non-hydrogen) atoms. The third-order valence-corrected chi connectivity index (χ3v) is 5.00. The topological polar surface area (TPSA) is 79.2 Å². The average molecular weight is 364 g/mol. The third-order valence-electron chi connectivity index (χ3n) is 5.00. The summed E-state index contributed by atoms with van der Waals surface area (Å²) in [7, 11) is 2.00. The predicted molar refractivity (Wildman–Crippen MR) is 113 cm³/mol. The lowest BCUT2D eigenvalue weighted by molar-refractivity contribution is -0.110. The van der Waals surface area contributed by atoms with Crippen molar-refractivity contribution >= 4 is 28.5 Å². The van der Waals surface area contributed by atoms with E-state index in [0.29, 0.717) is 17.3 Å². The molecule has 1 heterocycles. The Morgan fingerprint density at radius 2 is 1.93 bits per heavy atom. The number of nitrogen functional groups attached to an aromatic ring is 1. The maximum absolute atomic E-state index is 12.4. The summed E-state index contributed by atoms with van der Waals surface area (Å²) in [6.45, 7) is 4.12. The highest BCUT2D eigenvalue weighted by molar-refractivity contribution is 6.32. The Morgan fingerprint density at radius 1 is 1.19 bits per heavy atom. The number of allylic oxidation sites excluding steroid dienone is 1. The summed E-state index contributed by atoms with van der Waals surface area (Å²) in [6, 6.07) is 14.2. The van der Waals surface area contributed by atoms with Gasteiger partial charge >= 0.3 is 0 Å². The molecule has 2 aromatic carbocycles. The fraction of sp³-hybridized carbons (Fsp3) is 0.318. The molecular formula is C22H28N4O. The Hall–Kier alpha value is -2.79. The van der Waals surface area contributed by atoms with Crippen LogP contribution >= 0.6 is 0 Å². The minimum atomic E-state index is -0.105. The normalized spacial score (nSPS) is 15.9. The smallest absolute Gasteiger partial charge is 0.258 e. The van der Waals surface area contributed by atoms with E-state index in [9.17, 15) is 4.79 Å². The quantitative estimate of drug-likeness (QED) is 0.430. The van der Waals surface area contributed by atoms with Gasteiger partial charge in [0, 0.05) is 34.4 Å². The number of hydrogen-bond donors (Lipinski definition) is 4. The highest BCUT2D eigenvalue weighted by Crippen LogP contribution is 2.35. The summed E-state index contributed by atoms with van der Waals surface area (Å²) in [5.41, 5.74) is 11.9. The van der Waals surface area contributed by atoms with Gasteiger partial charge in [-0.25, -0.2) is 0 Å². The van der Waals surface area contributed by atoms with Crippen molar-refractivity contribution in [3.63, 3.8) is 0 Å². The fourth-order valence-electron chi connectivity index (χ4n) is 3.52. The summed E-state index contributed by atoms with van der Waals surface area (Å²) in [5, 5.41) is 9.64. The van der Waals surface area contributed by atoms with Crippen molar-refractivity contribution in [1.29, 1.82) is 0 Å². The number of anilines is 3. The van der Waals surface area contributed by atoms with Gasteiger partial charge in [-0.2, -0.15) is 0 Å². The molecule has 5 nitrogen and oxygen atoms in total. The minimum absolute atomic E-state index is 0.105. The highest BCUT2D eigenvalue weighted by Gasteiger charge is 2.26. The van der Waals surface area contributed by atoms with E-state index in [0.717, 1.165) is 29.1 Å². The molecule has 0 aromatic heterocycles. The van der Waals surface area contributed by atoms with Crippen LogP contribution in [0.3, 0.4) is 0 Å². The number of nitrogens with two attached hydrogens (primary N) is 1. The van der Waals surface area contributed by atoms with E-state index in [1.165, 1.54) is 18.4 Å². The molecule has 142 valence electrons. The Balaban J connectivity index is 1.80. The SMILES string of the molecule is CCCCC(NC)c1ccc(N/C(C)=C2\C(=O)Nc3ccc(N)cc32)cc1. The first-order valence-electron chi connectivity index (χ1n) is 9.49. The van der Waals surface area contributed by atoms with Crippen LogP contribution in [0.2, 0.25) is 0 Å². The number of amides is 1. The molecule has 1 aliphatic heterocycles. The first-order chi connectivity index (χ1) is 13.0. The van der Waals surface area contributed by atoms with Crippen molar-refractivity contribution in [1.82, 2.24) is 5.32 Å². The number of nitrogens with one attached hydrogen (secondary N) is 3. The molecule has 1 aliphatic rings. The standard InChI is InChI=1S/C22H28N4O/c1-4-5-6-19(24-3)15-7-10-17(11-8-15)25-14(2)21-18-13-16(23)9-12-20(18)26-22(21)27/h7-13,19,24-25H,4-6,23H2,1-3H3,(H,26,27)/b21-14-. The molecule has 5 N–H and O–H groups in total. The zero-order valence-electron chi connectivity index (χ0n) is 16.2. The lowest BCUT2D eigenvalue weighted by Crippen LogP contribution is -2.16. The molecule has 1 amide bonds. The second-order valence-electron chi connectivity index (χ2n) is 6.99. The molecule has 1 unspecified atom stereocenters. The van der Waals surface area contributed by atoms with Gasteiger partial charge < -0.3 is 21.7 Å². The van der Waals surface area contributed by atoms with Crippen molar-refractivity contribution in [2.75, 3.05) is 23.4 Å². The first kappa shape index (κ1) is 19.0. The number of carbonyl (C=O) groups is 1. The van der Waals surface area contributed by atoms with Crippen molar-refractivity contribution < 1.29 is 4.79 Å². The van der Waals surface area contributed by atoms with Gasteiger partial charge in [-0.15, -0.1) is 0 Å². The Morgan fingerprint density at radius 3 is 2.59 bits per heavy atom. The van der Waals surface area contributed by atoms with Gasteiger partial charge in [-0.05, 0) is 56.3 Å². The molecule has 1 atom stereocenters. The number of hydrogen-bond acceptors (Lipinski definition) is 4. The summed E-state index contributed by atoms with van der Waals surface area (Å²) in [4.78, 5) is 12.4. The van der Waals surface area contributed by atoms with E-state index in [4.69, 9.17) is 5.73 Å². The number of fused-ring (bicyclic) bond motifs is 1. The van der Waals surface area contributed by atoms with Crippen molar-refractivity contribution in [2.45, 2.75) is 39.2 Å². The second kappa shape index (κ2) is 8.27. The van der Waals surface area contributed by atoms with Gasteiger partial charge in [0.05, 0.1) is 5.57 Å². The lowest BCUT2D eigenvalue weighted by Gasteiger charge is -2.17. The zero-order valence-corrected chi connectivity index (χ0v) is 16.2. The van der Waals surface area contributed by atoms with Gasteiger partial charge in [0.2, 0.25) is 0 Å². The van der Waals surface area contributed by atoms with Gasteiger partial charge in [-0.3, -0.25) is 4.79 Å². The summed E-state index contributed by atoms with van der Waals surface area (Å²) in [6.07, 6.45) is 3.52. The molecule has 2 aromatic rings. The number of benzene rings is 2. The van der Waals surface area contributed by atoms with Gasteiger partial charge in [-0.1, -0.05) is 31.9 Å². The van der Waals surface area contributed by atoms with E-state index in [1.54, 1.807) is 6.07 Å². The van der Waals surface area contributed by atoms with Crippen LogP contribution in [0.5, 0.6) is 0 Å². The van der Waals surface area contributed by atoms with Crippen molar-refractivity contribution in [3.05, 3.63) is 59.3 Å². The molecular weight excluding hydrogens is 336 g/mol. The van der Waals surface area contributed by atoms with Crippen LogP contribution in [0, 0.1) is 0 Å². The Bertz CT molecular complexity index is 855. The van der Waals surface area contributed by atoms with Crippen molar-refractivity contribution in [2.24, 2.45) is 0 Å². The van der Waals surface area contributed by atoms with E-state index in [2.05, 4.69) is 47.1 Å². The Kier molecular flexibility index (Phi) is 5.81. The second-order valence-corrected chi connectivity index (χ2v) is 6.99. The number of carbonyl (C=O) groups excluding carboxylic acids is 1. The van der Waals surface area contributed by atoms with Crippen LogP contribution in [-0.4, -0.2) is 13.0 Å². The van der Waals surface area contributed by atoms with Gasteiger partial charge in [0.25, 0.3) is 5.91 Å². The summed E-state index contributed by atoms with van der Waals surface area (Å²) < 4.78 is 0. The maximum Gasteiger partial charge on any atom is 0.258 e. The van der Waals surface area contributed by atoms with E-state index in [-0.39, 0.29) is 5.91 Å². The minimum Gasteiger partial charge on any atom is -0.399 e. The molecule has 3 rings (SSSR count). The predicted octanol–water partition coefficient (Wildman–Crippen LogP) is 4.51. The van der Waals surface area contributed by atoms with E-state index >= 15 is 0 Å². The lowest BCUT2D eigenvalue weighted by atomic mass is 10.0. The highest BCUT2D eigenvalue weighted by atomic mass is 16.2. The average Bonchev–Trinajstić information content (AvgIpc) is 2.98. The van der Waals surface area contributed by atoms with Crippen LogP contribution in [-0.2, 0) is 4.79 Å². The van der Waals surface area contributed by atoms with Crippen LogP contribution < -0.4 is 21.7 Å². The summed E-state index contributed by atoms with van der Waals surface area (Å²) in [5.74, 6) is -0.105. The van der Waals surface area contributed by atoms with E-state index < -0.39 is 0 Å². The third kappa shape index (κ3) is 4.14. The Labute approximate surface area is 161 Å². The van der Waals surface area contributed by atoms with Gasteiger partial charge in [0.15, 0.2) is 0 Å². The zero-order chi connectivity index (χ0) is 19.4. The fourth-order valence-corrected chi connectivity index (χ4v) is 3.52. The van der Waals surface area contributed by atoms with Crippen molar-refractivity contribution in [3.8, 4) is 0 Å². The molecule has 0 spiro atoms. The molecule has 0 saturated heterocycles. The van der Waals surface area contributed by atoms with Gasteiger partial charge in [0.1, 0.15) is 0 Å². The molecule has 0 bridgehead atoms. The largest absolute Gasteiger partial charge is 0.399 e. The van der Waals surface area contributed by atoms with Crippen LogP contribution in [0.15, 0.2) is 48.2 Å². The maximum atomic E-state index is 12.4. The molecule has 0 aliphatic carbocycles. The number of unbranched alkanes of at least 4 members (excludes halogenated alkanes) is 1. The monoisotopic (exact) mass is 364 g/mol. The van der Waals surface area contributed by atoms with Crippen LogP contribution in [0.1, 0.15) is 50.3 Å². The molecule has 0 radical (unpaired) electrons. The van der Waals surface area contributed by atoms with Crippen LogP contribution in [0.4, 0.5) is 17.1 Å². The van der Waals surface area contributed by atoms with E-state index in [1.807, 2.05) is 26.1 Å². The summed E-state index contributed by atoms with van der Waals surface area (Å²) >= 11 is 0. The van der Waals surface area contributed by atoms with Crippen LogP contribution in [0.25, 0.3) is 5.57 Å². The molecule has 5 heteroatoms. The molecule has 0 fully saturated rings. The first-order valence-corrected chi connectivity index (χ1v) is 9.49.